The highest BCUT2D eigenvalue weighted by atomic mass is 15.1. The second kappa shape index (κ2) is 17.8. The van der Waals surface area contributed by atoms with E-state index in [1.54, 1.807) is 0 Å². The molecule has 0 N–H and O–H groups in total. The Balaban J connectivity index is 1.19. The molecular formula is C59H45N. The molecule has 0 spiro atoms. The van der Waals surface area contributed by atoms with E-state index in [9.17, 15) is 0 Å². The first kappa shape index (κ1) is 37.8. The van der Waals surface area contributed by atoms with E-state index in [-0.39, 0.29) is 0 Å². The molecule has 0 bridgehead atoms. The van der Waals surface area contributed by atoms with Gasteiger partial charge < -0.3 is 4.90 Å². The highest BCUT2D eigenvalue weighted by Gasteiger charge is 2.20. The Kier molecular flexibility index (Phi) is 11.2. The van der Waals surface area contributed by atoms with E-state index in [0.717, 1.165) is 28.2 Å². The van der Waals surface area contributed by atoms with E-state index >= 15 is 0 Å². The van der Waals surface area contributed by atoms with Crippen molar-refractivity contribution in [2.75, 3.05) is 4.90 Å². The summed E-state index contributed by atoms with van der Waals surface area (Å²) in [4.78, 5) is 2.36. The van der Waals surface area contributed by atoms with Gasteiger partial charge in [-0.15, -0.1) is 0 Å². The first-order chi connectivity index (χ1) is 29.7. The molecule has 0 atom stereocenters. The fraction of sp³-hybridized carbons (Fsp3) is 0.0169. The zero-order valence-electron chi connectivity index (χ0n) is 33.7. The van der Waals surface area contributed by atoms with E-state index in [1.165, 1.54) is 61.2 Å². The van der Waals surface area contributed by atoms with Crippen LogP contribution in [0.15, 0.2) is 255 Å². The summed E-state index contributed by atoms with van der Waals surface area (Å²) in [6.07, 6.45) is 0. The topological polar surface area (TPSA) is 3.24 Å². The van der Waals surface area contributed by atoms with Gasteiger partial charge in [-0.25, -0.2) is 0 Å². The van der Waals surface area contributed by atoms with Crippen LogP contribution in [-0.4, -0.2) is 0 Å². The number of nitrogens with zero attached hydrogens (tertiary/aromatic N) is 1. The molecule has 0 saturated heterocycles. The minimum absolute atomic E-state index is 1.08. The van der Waals surface area contributed by atoms with Crippen LogP contribution in [0.4, 0.5) is 17.1 Å². The third-order valence-corrected chi connectivity index (χ3v) is 11.0. The Labute approximate surface area is 354 Å². The van der Waals surface area contributed by atoms with Crippen LogP contribution in [0.5, 0.6) is 0 Å². The second-order valence-electron chi connectivity index (χ2n) is 15.0. The monoisotopic (exact) mass is 767 g/mol. The van der Waals surface area contributed by atoms with Gasteiger partial charge in [0.15, 0.2) is 0 Å². The van der Waals surface area contributed by atoms with Gasteiger partial charge in [-0.2, -0.15) is 0 Å². The summed E-state index contributed by atoms with van der Waals surface area (Å²) in [6, 6.07) is 91.5. The number of aryl methyl sites for hydroxylation is 1. The zero-order chi connectivity index (χ0) is 40.5. The van der Waals surface area contributed by atoms with Crippen molar-refractivity contribution in [2.45, 2.75) is 6.92 Å². The fourth-order valence-corrected chi connectivity index (χ4v) is 8.15. The molecule has 0 aliphatic rings. The van der Waals surface area contributed by atoms with Crippen molar-refractivity contribution in [3.63, 3.8) is 0 Å². The molecule has 0 aliphatic heterocycles. The van der Waals surface area contributed by atoms with Gasteiger partial charge in [-0.3, -0.25) is 0 Å². The first-order valence-corrected chi connectivity index (χ1v) is 20.6. The van der Waals surface area contributed by atoms with Crippen LogP contribution >= 0.6 is 0 Å². The Hall–Kier alpha value is -7.74. The average Bonchev–Trinajstić information content (AvgIpc) is 3.33. The van der Waals surface area contributed by atoms with Crippen LogP contribution in [0.25, 0.3) is 22.3 Å². The highest BCUT2D eigenvalue weighted by Crippen LogP contribution is 2.42. The van der Waals surface area contributed by atoms with Crippen LogP contribution in [0.2, 0.25) is 0 Å². The van der Waals surface area contributed by atoms with Crippen molar-refractivity contribution in [2.24, 2.45) is 0 Å². The van der Waals surface area contributed by atoms with E-state index in [2.05, 4.69) is 267 Å². The summed E-state index contributed by atoms with van der Waals surface area (Å²) in [6.45, 7) is 2.14. The lowest BCUT2D eigenvalue weighted by atomic mass is 9.85. The number of anilines is 3. The Morgan fingerprint density at radius 2 is 0.400 bits per heavy atom. The summed E-state index contributed by atoms with van der Waals surface area (Å²) in [7, 11) is 0. The standard InChI is InChI=1S/C59H45N/c1-44-32-38-53(39-33-44)60(54-40-34-51(35-41-54)58(49-28-16-6-17-29-49)56(45-20-8-2-9-21-45)46-22-10-3-11-23-46)55-42-36-52(37-43-55)59(50-30-18-7-19-31-50)57(47-24-12-4-13-25-47)48-26-14-5-15-27-48/h2-43H,1H3. The molecule has 0 aliphatic carbocycles. The second-order valence-corrected chi connectivity index (χ2v) is 15.0. The van der Waals surface area contributed by atoms with Crippen LogP contribution in [-0.2, 0) is 0 Å². The highest BCUT2D eigenvalue weighted by molar-refractivity contribution is 6.06. The molecule has 0 aromatic heterocycles. The molecule has 1 heteroatoms. The van der Waals surface area contributed by atoms with Crippen LogP contribution in [0, 0.1) is 6.92 Å². The van der Waals surface area contributed by atoms with Crippen LogP contribution in [0.3, 0.4) is 0 Å². The Bertz CT molecular complexity index is 2560. The minimum Gasteiger partial charge on any atom is -0.311 e. The number of rotatable bonds is 11. The largest absolute Gasteiger partial charge is 0.311 e. The van der Waals surface area contributed by atoms with Crippen molar-refractivity contribution < 1.29 is 0 Å². The third-order valence-electron chi connectivity index (χ3n) is 11.0. The van der Waals surface area contributed by atoms with Crippen LogP contribution in [0.1, 0.15) is 50.1 Å². The number of hydrogen-bond acceptors (Lipinski definition) is 1. The molecule has 9 aromatic rings. The molecule has 0 radical (unpaired) electrons. The number of hydrogen-bond donors (Lipinski definition) is 0. The summed E-state index contributed by atoms with van der Waals surface area (Å²) in [5.41, 5.74) is 18.6. The molecule has 0 saturated carbocycles. The maximum absolute atomic E-state index is 2.36. The molecule has 0 fully saturated rings. The lowest BCUT2D eigenvalue weighted by Gasteiger charge is -2.27. The first-order valence-electron chi connectivity index (χ1n) is 20.6. The van der Waals surface area contributed by atoms with Gasteiger partial charge in [0.2, 0.25) is 0 Å². The normalized spacial score (nSPS) is 10.8. The summed E-state index contributed by atoms with van der Waals surface area (Å²) >= 11 is 0. The summed E-state index contributed by atoms with van der Waals surface area (Å²) in [5.74, 6) is 0. The zero-order valence-corrected chi connectivity index (χ0v) is 33.7. The van der Waals surface area contributed by atoms with Gasteiger partial charge in [0.05, 0.1) is 0 Å². The average molecular weight is 768 g/mol. The molecule has 0 amide bonds. The van der Waals surface area contributed by atoms with Crippen molar-refractivity contribution in [3.8, 4) is 0 Å². The Morgan fingerprint density at radius 1 is 0.217 bits per heavy atom. The van der Waals surface area contributed by atoms with E-state index in [1.807, 2.05) is 0 Å². The van der Waals surface area contributed by atoms with Gasteiger partial charge in [0.25, 0.3) is 0 Å². The van der Waals surface area contributed by atoms with Gasteiger partial charge in [0, 0.05) is 17.1 Å². The summed E-state index contributed by atoms with van der Waals surface area (Å²) in [5, 5.41) is 0. The SMILES string of the molecule is Cc1ccc(N(c2ccc(C(=C(c3ccccc3)c3ccccc3)c3ccccc3)cc2)c2ccc(C(=C(c3ccccc3)c3ccccc3)c3ccccc3)cc2)cc1. The van der Waals surface area contributed by atoms with Crippen molar-refractivity contribution in [1.29, 1.82) is 0 Å². The van der Waals surface area contributed by atoms with Gasteiger partial charge in [0.1, 0.15) is 0 Å². The molecule has 0 unspecified atom stereocenters. The Morgan fingerprint density at radius 3 is 0.617 bits per heavy atom. The molecule has 0 heterocycles. The predicted octanol–water partition coefficient (Wildman–Crippen LogP) is 15.5. The van der Waals surface area contributed by atoms with E-state index in [4.69, 9.17) is 0 Å². The van der Waals surface area contributed by atoms with E-state index < -0.39 is 0 Å². The number of benzene rings is 9. The smallest absolute Gasteiger partial charge is 0.0462 e. The molecular weight excluding hydrogens is 723 g/mol. The lowest BCUT2D eigenvalue weighted by Crippen LogP contribution is -2.10. The molecule has 1 nitrogen and oxygen atoms in total. The van der Waals surface area contributed by atoms with E-state index in [0.29, 0.717) is 0 Å². The molecule has 60 heavy (non-hydrogen) atoms. The van der Waals surface area contributed by atoms with Gasteiger partial charge >= 0.3 is 0 Å². The maximum atomic E-state index is 2.36. The van der Waals surface area contributed by atoms with Gasteiger partial charge in [-0.05, 0) is 110 Å². The maximum Gasteiger partial charge on any atom is 0.0462 e. The summed E-state index contributed by atoms with van der Waals surface area (Å²) < 4.78 is 0. The van der Waals surface area contributed by atoms with Crippen molar-refractivity contribution >= 4 is 39.4 Å². The molecule has 9 aromatic carbocycles. The van der Waals surface area contributed by atoms with Gasteiger partial charge in [-0.1, -0.05) is 224 Å². The third kappa shape index (κ3) is 8.16. The molecule has 9 rings (SSSR count). The van der Waals surface area contributed by atoms with Crippen molar-refractivity contribution in [3.05, 3.63) is 305 Å². The van der Waals surface area contributed by atoms with Crippen molar-refractivity contribution in [1.82, 2.24) is 0 Å². The molecule has 286 valence electrons. The fourth-order valence-electron chi connectivity index (χ4n) is 8.15. The quantitative estimate of drug-likeness (QED) is 0.119. The predicted molar refractivity (Wildman–Crippen MR) is 255 cm³/mol. The lowest BCUT2D eigenvalue weighted by molar-refractivity contribution is 1.27. The van der Waals surface area contributed by atoms with Crippen LogP contribution < -0.4 is 4.90 Å². The minimum atomic E-state index is 1.08.